The summed E-state index contributed by atoms with van der Waals surface area (Å²) in [5.41, 5.74) is 1.39. The maximum absolute atomic E-state index is 3.51. The minimum atomic E-state index is 1.07. The largest absolute Gasteiger partial charge is 0.299 e. The fraction of sp³-hybridized carbons (Fsp3) is 0.538. The molecule has 84 valence electrons. The van der Waals surface area contributed by atoms with Crippen LogP contribution in [0.25, 0.3) is 0 Å². The zero-order valence-corrected chi connectivity index (χ0v) is 11.3. The first-order chi connectivity index (χ1) is 7.26. The third-order valence-electron chi connectivity index (χ3n) is 2.57. The summed E-state index contributed by atoms with van der Waals surface area (Å²) in [5, 5.41) is 0. The van der Waals surface area contributed by atoms with E-state index in [9.17, 15) is 0 Å². The highest BCUT2D eigenvalue weighted by atomic mass is 79.9. The molecule has 0 heterocycles. The molecule has 1 rings (SSSR count). The van der Waals surface area contributed by atoms with Crippen molar-refractivity contribution in [3.05, 3.63) is 34.3 Å². The molecule has 0 spiro atoms. The summed E-state index contributed by atoms with van der Waals surface area (Å²) in [7, 11) is 0. The Bertz CT molecular complexity index is 286. The van der Waals surface area contributed by atoms with Gasteiger partial charge in [0.2, 0.25) is 0 Å². The predicted molar refractivity (Wildman–Crippen MR) is 70.0 cm³/mol. The Balaban J connectivity index is 2.50. The van der Waals surface area contributed by atoms with Gasteiger partial charge in [0.15, 0.2) is 0 Å². The molecule has 0 radical (unpaired) electrons. The van der Waals surface area contributed by atoms with Crippen molar-refractivity contribution in [3.8, 4) is 0 Å². The van der Waals surface area contributed by atoms with Crippen molar-refractivity contribution in [3.63, 3.8) is 0 Å². The van der Waals surface area contributed by atoms with Crippen LogP contribution in [0.1, 0.15) is 32.3 Å². The first kappa shape index (κ1) is 12.7. The maximum Gasteiger partial charge on any atom is 0.0234 e. The highest BCUT2D eigenvalue weighted by Gasteiger charge is 2.02. The second-order valence-electron chi connectivity index (χ2n) is 3.85. The Kier molecular flexibility index (Phi) is 5.96. The number of hydrogen-bond donors (Lipinski definition) is 0. The molecule has 0 saturated heterocycles. The van der Waals surface area contributed by atoms with E-state index in [0.29, 0.717) is 0 Å². The third-order valence-corrected chi connectivity index (χ3v) is 3.06. The van der Waals surface area contributed by atoms with E-state index < -0.39 is 0 Å². The van der Waals surface area contributed by atoms with Gasteiger partial charge in [-0.25, -0.2) is 0 Å². The molecule has 0 atom stereocenters. The molecule has 2 heteroatoms. The van der Waals surface area contributed by atoms with Gasteiger partial charge in [0.1, 0.15) is 0 Å². The molecule has 0 amide bonds. The second kappa shape index (κ2) is 7.02. The Morgan fingerprint density at radius 2 is 2.07 bits per heavy atom. The maximum atomic E-state index is 3.51. The first-order valence-electron chi connectivity index (χ1n) is 5.73. The number of rotatable bonds is 6. The standard InChI is InChI=1S/C13H20BrN/c1-3-5-9-15(4-2)11-12-7-6-8-13(14)10-12/h6-8,10H,3-5,9,11H2,1-2H3. The molecule has 0 aliphatic carbocycles. The quantitative estimate of drug-likeness (QED) is 0.753. The molecule has 1 aromatic carbocycles. The van der Waals surface area contributed by atoms with Crippen molar-refractivity contribution in [2.75, 3.05) is 13.1 Å². The van der Waals surface area contributed by atoms with Crippen molar-refractivity contribution in [2.45, 2.75) is 33.2 Å². The van der Waals surface area contributed by atoms with E-state index in [1.54, 1.807) is 0 Å². The van der Waals surface area contributed by atoms with Gasteiger partial charge in [0, 0.05) is 11.0 Å². The summed E-state index contributed by atoms with van der Waals surface area (Å²) in [6.45, 7) is 7.88. The number of nitrogens with zero attached hydrogens (tertiary/aromatic N) is 1. The summed E-state index contributed by atoms with van der Waals surface area (Å²) < 4.78 is 1.17. The lowest BCUT2D eigenvalue weighted by Crippen LogP contribution is -2.23. The molecule has 0 saturated carbocycles. The van der Waals surface area contributed by atoms with Crippen LogP contribution in [-0.4, -0.2) is 18.0 Å². The van der Waals surface area contributed by atoms with Crippen LogP contribution >= 0.6 is 15.9 Å². The highest BCUT2D eigenvalue weighted by molar-refractivity contribution is 9.10. The van der Waals surface area contributed by atoms with Gasteiger partial charge in [-0.1, -0.05) is 48.3 Å². The molecule has 0 bridgehead atoms. The lowest BCUT2D eigenvalue weighted by atomic mass is 10.2. The summed E-state index contributed by atoms with van der Waals surface area (Å²) in [6, 6.07) is 8.58. The van der Waals surface area contributed by atoms with Crippen molar-refractivity contribution in [1.29, 1.82) is 0 Å². The zero-order chi connectivity index (χ0) is 11.1. The van der Waals surface area contributed by atoms with Gasteiger partial charge in [-0.15, -0.1) is 0 Å². The molecule has 0 aliphatic heterocycles. The highest BCUT2D eigenvalue weighted by Crippen LogP contribution is 2.13. The van der Waals surface area contributed by atoms with Gasteiger partial charge in [-0.2, -0.15) is 0 Å². The molecule has 0 unspecified atom stereocenters. The van der Waals surface area contributed by atoms with Gasteiger partial charge >= 0.3 is 0 Å². The Morgan fingerprint density at radius 1 is 1.27 bits per heavy atom. The summed E-state index contributed by atoms with van der Waals surface area (Å²) >= 11 is 3.51. The van der Waals surface area contributed by atoms with Crippen LogP contribution in [0, 0.1) is 0 Å². The minimum absolute atomic E-state index is 1.07. The lowest BCUT2D eigenvalue weighted by molar-refractivity contribution is 0.275. The van der Waals surface area contributed by atoms with Crippen LogP contribution in [0.3, 0.4) is 0 Å². The van der Waals surface area contributed by atoms with Crippen LogP contribution in [0.15, 0.2) is 28.7 Å². The smallest absolute Gasteiger partial charge is 0.0234 e. The lowest BCUT2D eigenvalue weighted by Gasteiger charge is -2.20. The van der Waals surface area contributed by atoms with Crippen molar-refractivity contribution in [2.24, 2.45) is 0 Å². The van der Waals surface area contributed by atoms with E-state index in [1.165, 1.54) is 29.4 Å². The molecule has 0 fully saturated rings. The third kappa shape index (κ3) is 4.80. The SMILES string of the molecule is CCCCN(CC)Cc1cccc(Br)c1. The molecular weight excluding hydrogens is 250 g/mol. The number of unbranched alkanes of at least 4 members (excludes halogenated alkanes) is 1. The normalized spacial score (nSPS) is 10.9. The molecule has 1 nitrogen and oxygen atoms in total. The van der Waals surface area contributed by atoms with Gasteiger partial charge < -0.3 is 0 Å². The molecular formula is C13H20BrN. The number of halogens is 1. The van der Waals surface area contributed by atoms with Crippen LogP contribution in [0.4, 0.5) is 0 Å². The van der Waals surface area contributed by atoms with Gasteiger partial charge in [0.25, 0.3) is 0 Å². The van der Waals surface area contributed by atoms with E-state index >= 15 is 0 Å². The van der Waals surface area contributed by atoms with Crippen LogP contribution in [0.5, 0.6) is 0 Å². The number of benzene rings is 1. The summed E-state index contributed by atoms with van der Waals surface area (Å²) in [5.74, 6) is 0. The minimum Gasteiger partial charge on any atom is -0.299 e. The van der Waals surface area contributed by atoms with Crippen molar-refractivity contribution in [1.82, 2.24) is 4.90 Å². The van der Waals surface area contributed by atoms with Crippen molar-refractivity contribution < 1.29 is 0 Å². The van der Waals surface area contributed by atoms with E-state index in [1.807, 2.05) is 0 Å². The molecule has 0 N–H and O–H groups in total. The van der Waals surface area contributed by atoms with Gasteiger partial charge in [-0.05, 0) is 37.2 Å². The van der Waals surface area contributed by atoms with Crippen LogP contribution < -0.4 is 0 Å². The molecule has 15 heavy (non-hydrogen) atoms. The van der Waals surface area contributed by atoms with Crippen molar-refractivity contribution >= 4 is 15.9 Å². The van der Waals surface area contributed by atoms with E-state index in [-0.39, 0.29) is 0 Å². The Hall–Kier alpha value is -0.340. The average molecular weight is 270 g/mol. The van der Waals surface area contributed by atoms with Gasteiger partial charge in [-0.3, -0.25) is 4.90 Å². The molecule has 0 aliphatic rings. The van der Waals surface area contributed by atoms with Crippen LogP contribution in [0.2, 0.25) is 0 Å². The summed E-state index contributed by atoms with van der Waals surface area (Å²) in [4.78, 5) is 2.49. The topological polar surface area (TPSA) is 3.24 Å². The van der Waals surface area contributed by atoms with Gasteiger partial charge in [0.05, 0.1) is 0 Å². The molecule has 1 aromatic rings. The average Bonchev–Trinajstić information content (AvgIpc) is 2.24. The first-order valence-corrected chi connectivity index (χ1v) is 6.52. The zero-order valence-electron chi connectivity index (χ0n) is 9.67. The fourth-order valence-electron chi connectivity index (χ4n) is 1.62. The molecule has 0 aromatic heterocycles. The Morgan fingerprint density at radius 3 is 2.67 bits per heavy atom. The monoisotopic (exact) mass is 269 g/mol. The van der Waals surface area contributed by atoms with Crippen LogP contribution in [-0.2, 0) is 6.54 Å². The second-order valence-corrected chi connectivity index (χ2v) is 4.77. The fourth-order valence-corrected chi connectivity index (χ4v) is 2.07. The summed E-state index contributed by atoms with van der Waals surface area (Å²) in [6.07, 6.45) is 2.57. The van der Waals surface area contributed by atoms with E-state index in [0.717, 1.165) is 13.1 Å². The van der Waals surface area contributed by atoms with E-state index in [2.05, 4.69) is 58.9 Å². The number of hydrogen-bond acceptors (Lipinski definition) is 1. The Labute approximate surface area is 102 Å². The van der Waals surface area contributed by atoms with E-state index in [4.69, 9.17) is 0 Å². The predicted octanol–water partition coefficient (Wildman–Crippen LogP) is 4.07.